The molecule has 22 heavy (non-hydrogen) atoms. The Morgan fingerprint density at radius 1 is 1.32 bits per heavy atom. The summed E-state index contributed by atoms with van der Waals surface area (Å²) in [4.78, 5) is 16.6. The maximum atomic E-state index is 12.5. The minimum atomic E-state index is -0.648. The van der Waals surface area contributed by atoms with Crippen molar-refractivity contribution in [2.45, 2.75) is 44.8 Å². The van der Waals surface area contributed by atoms with Crippen molar-refractivity contribution in [2.24, 2.45) is 0 Å². The first-order chi connectivity index (χ1) is 10.3. The van der Waals surface area contributed by atoms with E-state index in [-0.39, 0.29) is 5.91 Å². The number of likely N-dealkylation sites (N-methyl/N-ethyl adjacent to an activating group) is 1. The molecular weight excluding hydrogens is 276 g/mol. The van der Waals surface area contributed by atoms with Crippen LogP contribution in [0.25, 0.3) is 0 Å². The van der Waals surface area contributed by atoms with Crippen LogP contribution in [0.4, 0.5) is 0 Å². The number of carbonyl (C=O) groups excluding carboxylic acids is 1. The average Bonchev–Trinajstić information content (AvgIpc) is 2.94. The molecule has 0 aromatic heterocycles. The molecule has 1 N–H and O–H groups in total. The zero-order chi connectivity index (χ0) is 16.3. The molecular formula is C18H28N2O2. The topological polar surface area (TPSA) is 43.8 Å². The van der Waals surface area contributed by atoms with Crippen molar-refractivity contribution < 1.29 is 9.90 Å². The van der Waals surface area contributed by atoms with Crippen LogP contribution in [0.5, 0.6) is 0 Å². The fraction of sp³-hybridized carbons (Fsp3) is 0.611. The molecule has 0 bridgehead atoms. The van der Waals surface area contributed by atoms with Crippen molar-refractivity contribution >= 4 is 5.91 Å². The van der Waals surface area contributed by atoms with Gasteiger partial charge in [-0.3, -0.25) is 4.79 Å². The smallest absolute Gasteiger partial charge is 0.253 e. The van der Waals surface area contributed by atoms with Gasteiger partial charge in [-0.1, -0.05) is 12.1 Å². The van der Waals surface area contributed by atoms with E-state index in [2.05, 4.69) is 19.0 Å². The third kappa shape index (κ3) is 4.55. The Balaban J connectivity index is 1.94. The van der Waals surface area contributed by atoms with Gasteiger partial charge in [-0.05, 0) is 64.9 Å². The minimum absolute atomic E-state index is 0.124. The van der Waals surface area contributed by atoms with Crippen LogP contribution in [0, 0.1) is 0 Å². The highest BCUT2D eigenvalue weighted by Gasteiger charge is 2.27. The number of hydrogen-bond acceptors (Lipinski definition) is 3. The fourth-order valence-corrected chi connectivity index (χ4v) is 2.79. The van der Waals surface area contributed by atoms with Crippen LogP contribution in [0.1, 0.15) is 42.6 Å². The Labute approximate surface area is 133 Å². The number of benzene rings is 1. The van der Waals surface area contributed by atoms with E-state index < -0.39 is 5.60 Å². The van der Waals surface area contributed by atoms with Gasteiger partial charge in [0.05, 0.1) is 5.60 Å². The molecule has 1 amide bonds. The number of rotatable bonds is 5. The van der Waals surface area contributed by atoms with Crippen molar-refractivity contribution in [3.63, 3.8) is 0 Å². The molecule has 4 heteroatoms. The number of likely N-dealkylation sites (tertiary alicyclic amines) is 1. The summed E-state index contributed by atoms with van der Waals surface area (Å²) in [5, 5.41) is 9.77. The van der Waals surface area contributed by atoms with Crippen LogP contribution in [0.15, 0.2) is 24.3 Å². The van der Waals surface area contributed by atoms with Gasteiger partial charge in [0.25, 0.3) is 5.91 Å². The maximum Gasteiger partial charge on any atom is 0.253 e. The molecule has 1 aliphatic heterocycles. The Morgan fingerprint density at radius 2 is 1.95 bits per heavy atom. The summed E-state index contributed by atoms with van der Waals surface area (Å²) in [6.45, 7) is 5.29. The molecule has 0 spiro atoms. The maximum absolute atomic E-state index is 12.5. The van der Waals surface area contributed by atoms with Crippen molar-refractivity contribution in [3.05, 3.63) is 35.4 Å². The van der Waals surface area contributed by atoms with Crippen LogP contribution in [-0.4, -0.2) is 59.6 Å². The highest BCUT2D eigenvalue weighted by Crippen LogP contribution is 2.18. The molecule has 2 rings (SSSR count). The second kappa shape index (κ2) is 6.80. The molecule has 1 saturated heterocycles. The van der Waals surface area contributed by atoms with Gasteiger partial charge in [0, 0.05) is 24.7 Å². The van der Waals surface area contributed by atoms with Crippen LogP contribution in [-0.2, 0) is 6.42 Å². The molecule has 1 aliphatic rings. The molecule has 1 aromatic carbocycles. The van der Waals surface area contributed by atoms with E-state index in [4.69, 9.17) is 0 Å². The van der Waals surface area contributed by atoms with Gasteiger partial charge >= 0.3 is 0 Å². The SMILES string of the molecule is CN(C)[C@H]1CCN(C(=O)c2ccc(CCC(C)(C)O)cc2)C1. The summed E-state index contributed by atoms with van der Waals surface area (Å²) in [5.74, 6) is 0.124. The first-order valence-corrected chi connectivity index (χ1v) is 8.03. The quantitative estimate of drug-likeness (QED) is 0.906. The lowest BCUT2D eigenvalue weighted by atomic mass is 9.98. The van der Waals surface area contributed by atoms with E-state index in [9.17, 15) is 9.90 Å². The van der Waals surface area contributed by atoms with E-state index in [1.54, 1.807) is 0 Å². The van der Waals surface area contributed by atoms with E-state index in [0.717, 1.165) is 43.5 Å². The Bertz CT molecular complexity index is 503. The number of nitrogens with zero attached hydrogens (tertiary/aromatic N) is 2. The lowest BCUT2D eigenvalue weighted by Crippen LogP contribution is -2.34. The van der Waals surface area contributed by atoms with Crippen molar-refractivity contribution in [3.8, 4) is 0 Å². The van der Waals surface area contributed by atoms with Gasteiger partial charge in [-0.2, -0.15) is 0 Å². The fourth-order valence-electron chi connectivity index (χ4n) is 2.79. The number of aryl methyl sites for hydroxylation is 1. The predicted molar refractivity (Wildman–Crippen MR) is 89.1 cm³/mol. The number of amides is 1. The van der Waals surface area contributed by atoms with E-state index >= 15 is 0 Å². The largest absolute Gasteiger partial charge is 0.390 e. The van der Waals surface area contributed by atoms with E-state index in [0.29, 0.717) is 6.04 Å². The van der Waals surface area contributed by atoms with Gasteiger partial charge in [0.2, 0.25) is 0 Å². The average molecular weight is 304 g/mol. The van der Waals surface area contributed by atoms with Crippen LogP contribution >= 0.6 is 0 Å². The van der Waals surface area contributed by atoms with Crippen molar-refractivity contribution in [2.75, 3.05) is 27.2 Å². The molecule has 1 aromatic rings. The summed E-state index contributed by atoms with van der Waals surface area (Å²) in [6.07, 6.45) is 2.59. The molecule has 0 unspecified atom stereocenters. The highest BCUT2D eigenvalue weighted by molar-refractivity contribution is 5.94. The Hall–Kier alpha value is -1.39. The first-order valence-electron chi connectivity index (χ1n) is 8.03. The minimum Gasteiger partial charge on any atom is -0.390 e. The van der Waals surface area contributed by atoms with Crippen LogP contribution in [0.2, 0.25) is 0 Å². The molecule has 1 heterocycles. The number of aliphatic hydroxyl groups is 1. The van der Waals surface area contributed by atoms with Crippen molar-refractivity contribution in [1.82, 2.24) is 9.80 Å². The lowest BCUT2D eigenvalue weighted by Gasteiger charge is -2.20. The van der Waals surface area contributed by atoms with E-state index in [1.807, 2.05) is 43.0 Å². The highest BCUT2D eigenvalue weighted by atomic mass is 16.3. The summed E-state index contributed by atoms with van der Waals surface area (Å²) in [6, 6.07) is 8.28. The summed E-state index contributed by atoms with van der Waals surface area (Å²) in [5.41, 5.74) is 1.27. The molecule has 122 valence electrons. The molecule has 4 nitrogen and oxygen atoms in total. The molecule has 1 fully saturated rings. The summed E-state index contributed by atoms with van der Waals surface area (Å²) >= 11 is 0. The zero-order valence-electron chi connectivity index (χ0n) is 14.2. The lowest BCUT2D eigenvalue weighted by molar-refractivity contribution is 0.0712. The van der Waals surface area contributed by atoms with Gasteiger partial charge < -0.3 is 14.9 Å². The first kappa shape index (κ1) is 17.0. The monoisotopic (exact) mass is 304 g/mol. The number of hydrogen-bond donors (Lipinski definition) is 1. The van der Waals surface area contributed by atoms with Gasteiger partial charge in [0.1, 0.15) is 0 Å². The van der Waals surface area contributed by atoms with E-state index in [1.165, 1.54) is 0 Å². The third-order valence-corrected chi connectivity index (χ3v) is 4.41. The molecule has 0 aliphatic carbocycles. The number of carbonyl (C=O) groups is 1. The predicted octanol–water partition coefficient (Wildman–Crippen LogP) is 2.17. The molecule has 0 radical (unpaired) electrons. The molecule has 1 atom stereocenters. The van der Waals surface area contributed by atoms with Gasteiger partial charge in [-0.15, -0.1) is 0 Å². The normalized spacial score (nSPS) is 19.0. The zero-order valence-corrected chi connectivity index (χ0v) is 14.2. The van der Waals surface area contributed by atoms with Crippen LogP contribution in [0.3, 0.4) is 0 Å². The Morgan fingerprint density at radius 3 is 2.45 bits per heavy atom. The molecule has 0 saturated carbocycles. The third-order valence-electron chi connectivity index (χ3n) is 4.41. The second-order valence-corrected chi connectivity index (χ2v) is 7.17. The second-order valence-electron chi connectivity index (χ2n) is 7.17. The Kier molecular flexibility index (Phi) is 5.24. The van der Waals surface area contributed by atoms with Gasteiger partial charge in [-0.25, -0.2) is 0 Å². The summed E-state index contributed by atoms with van der Waals surface area (Å²) in [7, 11) is 4.13. The standard InChI is InChI=1S/C18H28N2O2/c1-18(2,22)11-9-14-5-7-15(8-6-14)17(21)20-12-10-16(13-20)19(3)4/h5-8,16,22H,9-13H2,1-4H3/t16-/m0/s1. The van der Waals surface area contributed by atoms with Crippen molar-refractivity contribution in [1.29, 1.82) is 0 Å². The summed E-state index contributed by atoms with van der Waals surface area (Å²) < 4.78 is 0. The van der Waals surface area contributed by atoms with Gasteiger partial charge in [0.15, 0.2) is 0 Å². The van der Waals surface area contributed by atoms with Crippen LogP contribution < -0.4 is 0 Å².